The fourth-order valence-electron chi connectivity index (χ4n) is 3.08. The molecule has 30 heavy (non-hydrogen) atoms. The summed E-state index contributed by atoms with van der Waals surface area (Å²) in [7, 11) is 0. The van der Waals surface area contributed by atoms with Gasteiger partial charge in [-0.15, -0.1) is 10.2 Å². The lowest BCUT2D eigenvalue weighted by Gasteiger charge is -2.24. The standard InChI is InChI=1S/C21H22Cl2N4O2S/c22-15-2-4-16(5-3-15)28-13-20-26-27-21(30-20)25-12-14-1-6-19(18(23)11-14)29-17-7-9-24-10-8-17/h1-6,11,17,24H,7-10,12-13H2,(H,25,27). The van der Waals surface area contributed by atoms with E-state index in [9.17, 15) is 0 Å². The normalized spacial score (nSPS) is 14.5. The largest absolute Gasteiger partial charge is 0.489 e. The van der Waals surface area contributed by atoms with Gasteiger partial charge in [0.05, 0.1) is 5.02 Å². The van der Waals surface area contributed by atoms with Crippen molar-refractivity contribution in [3.05, 3.63) is 63.1 Å². The van der Waals surface area contributed by atoms with Gasteiger partial charge in [0, 0.05) is 11.6 Å². The number of benzene rings is 2. The predicted octanol–water partition coefficient (Wildman–Crippen LogP) is 5.17. The number of piperidine rings is 1. The van der Waals surface area contributed by atoms with Gasteiger partial charge in [-0.25, -0.2) is 0 Å². The summed E-state index contributed by atoms with van der Waals surface area (Å²) < 4.78 is 11.7. The maximum Gasteiger partial charge on any atom is 0.206 e. The molecule has 0 saturated carbocycles. The summed E-state index contributed by atoms with van der Waals surface area (Å²) >= 11 is 13.8. The van der Waals surface area contributed by atoms with Crippen molar-refractivity contribution in [1.29, 1.82) is 0 Å². The van der Waals surface area contributed by atoms with Gasteiger partial charge in [-0.05, 0) is 67.9 Å². The first-order valence-electron chi connectivity index (χ1n) is 9.76. The SMILES string of the molecule is Clc1ccc(OCc2nnc(NCc3ccc(OC4CCNCC4)c(Cl)c3)s2)cc1. The van der Waals surface area contributed by atoms with E-state index in [1.165, 1.54) is 11.3 Å². The molecule has 158 valence electrons. The second-order valence-corrected chi connectivity index (χ2v) is 8.83. The van der Waals surface area contributed by atoms with E-state index in [2.05, 4.69) is 20.8 Å². The molecule has 9 heteroatoms. The van der Waals surface area contributed by atoms with E-state index in [1.807, 2.05) is 30.3 Å². The monoisotopic (exact) mass is 464 g/mol. The van der Waals surface area contributed by atoms with Crippen LogP contribution >= 0.6 is 34.5 Å². The molecule has 1 aliphatic heterocycles. The molecule has 0 aliphatic carbocycles. The minimum Gasteiger partial charge on any atom is -0.489 e. The lowest BCUT2D eigenvalue weighted by Crippen LogP contribution is -2.34. The van der Waals surface area contributed by atoms with Crippen LogP contribution in [0.3, 0.4) is 0 Å². The molecule has 0 amide bonds. The summed E-state index contributed by atoms with van der Waals surface area (Å²) in [5.74, 6) is 1.48. The highest BCUT2D eigenvalue weighted by atomic mass is 35.5. The third kappa shape index (κ3) is 5.98. The number of nitrogens with zero attached hydrogens (tertiary/aromatic N) is 2. The van der Waals surface area contributed by atoms with Gasteiger partial charge in [0.25, 0.3) is 0 Å². The van der Waals surface area contributed by atoms with Gasteiger partial charge in [0.15, 0.2) is 5.01 Å². The number of halogens is 2. The van der Waals surface area contributed by atoms with Crippen molar-refractivity contribution >= 4 is 39.7 Å². The summed E-state index contributed by atoms with van der Waals surface area (Å²) in [6.07, 6.45) is 2.23. The van der Waals surface area contributed by atoms with Crippen LogP contribution in [0.25, 0.3) is 0 Å². The van der Waals surface area contributed by atoms with Crippen LogP contribution in [0.15, 0.2) is 42.5 Å². The number of hydrogen-bond donors (Lipinski definition) is 2. The topological polar surface area (TPSA) is 68.3 Å². The quantitative estimate of drug-likeness (QED) is 0.479. The highest BCUT2D eigenvalue weighted by Gasteiger charge is 2.16. The predicted molar refractivity (Wildman–Crippen MR) is 121 cm³/mol. The molecule has 2 N–H and O–H groups in total. The van der Waals surface area contributed by atoms with Crippen LogP contribution in [0.2, 0.25) is 10.0 Å². The number of hydrogen-bond acceptors (Lipinski definition) is 7. The van der Waals surface area contributed by atoms with Gasteiger partial charge in [-0.3, -0.25) is 0 Å². The molecule has 4 rings (SSSR count). The summed E-state index contributed by atoms with van der Waals surface area (Å²) in [4.78, 5) is 0. The first-order chi connectivity index (χ1) is 14.7. The molecule has 3 aromatic rings. The van der Waals surface area contributed by atoms with Gasteiger partial charge in [-0.1, -0.05) is 40.6 Å². The fraction of sp³-hybridized carbons (Fsp3) is 0.333. The first-order valence-corrected chi connectivity index (χ1v) is 11.3. The van der Waals surface area contributed by atoms with E-state index in [1.54, 1.807) is 12.1 Å². The van der Waals surface area contributed by atoms with Gasteiger partial charge in [0.2, 0.25) is 5.13 Å². The van der Waals surface area contributed by atoms with Crippen LogP contribution in [-0.2, 0) is 13.2 Å². The average Bonchev–Trinajstić information content (AvgIpc) is 3.22. The smallest absolute Gasteiger partial charge is 0.206 e. The van der Waals surface area contributed by atoms with Gasteiger partial charge < -0.3 is 20.1 Å². The highest BCUT2D eigenvalue weighted by Crippen LogP contribution is 2.28. The van der Waals surface area contributed by atoms with E-state index in [0.717, 1.165) is 53.1 Å². The lowest BCUT2D eigenvalue weighted by molar-refractivity contribution is 0.162. The molecule has 0 radical (unpaired) electrons. The maximum absolute atomic E-state index is 6.43. The molecule has 1 saturated heterocycles. The second kappa shape index (κ2) is 10.3. The average molecular weight is 465 g/mol. The number of anilines is 1. The Labute approximate surface area is 189 Å². The van der Waals surface area contributed by atoms with E-state index in [-0.39, 0.29) is 6.10 Å². The lowest BCUT2D eigenvalue weighted by atomic mass is 10.1. The molecule has 0 bridgehead atoms. The van der Waals surface area contributed by atoms with E-state index in [4.69, 9.17) is 32.7 Å². The third-order valence-corrected chi connectivity index (χ3v) is 6.06. The Balaban J connectivity index is 1.27. The molecule has 6 nitrogen and oxygen atoms in total. The zero-order valence-electron chi connectivity index (χ0n) is 16.2. The summed E-state index contributed by atoms with van der Waals surface area (Å²) in [5.41, 5.74) is 1.05. The fourth-order valence-corrected chi connectivity index (χ4v) is 4.10. The second-order valence-electron chi connectivity index (χ2n) is 6.93. The zero-order chi connectivity index (χ0) is 20.8. The van der Waals surface area contributed by atoms with Crippen molar-refractivity contribution in [3.63, 3.8) is 0 Å². The molecule has 0 spiro atoms. The maximum atomic E-state index is 6.43. The van der Waals surface area contributed by atoms with Crippen molar-refractivity contribution in [2.75, 3.05) is 18.4 Å². The molecular formula is C21H22Cl2N4O2S. The minimum atomic E-state index is 0.225. The third-order valence-electron chi connectivity index (χ3n) is 4.66. The van der Waals surface area contributed by atoms with E-state index in [0.29, 0.717) is 23.2 Å². The Morgan fingerprint density at radius 1 is 1.07 bits per heavy atom. The van der Waals surface area contributed by atoms with E-state index >= 15 is 0 Å². The Bertz CT molecular complexity index is 962. The Morgan fingerprint density at radius 3 is 2.63 bits per heavy atom. The zero-order valence-corrected chi connectivity index (χ0v) is 18.6. The van der Waals surface area contributed by atoms with Crippen LogP contribution < -0.4 is 20.1 Å². The Kier molecular flexibility index (Phi) is 7.28. The van der Waals surface area contributed by atoms with Crippen LogP contribution in [0.1, 0.15) is 23.4 Å². The summed E-state index contributed by atoms with van der Waals surface area (Å²) in [6, 6.07) is 13.1. The molecular weight excluding hydrogens is 443 g/mol. The van der Waals surface area contributed by atoms with E-state index < -0.39 is 0 Å². The number of nitrogens with one attached hydrogen (secondary N) is 2. The molecule has 0 unspecified atom stereocenters. The number of aromatic nitrogens is 2. The molecule has 2 heterocycles. The summed E-state index contributed by atoms with van der Waals surface area (Å²) in [5, 5.41) is 17.8. The molecule has 1 aliphatic rings. The van der Waals surface area contributed by atoms with Crippen molar-refractivity contribution in [1.82, 2.24) is 15.5 Å². The molecule has 1 aromatic heterocycles. The van der Waals surface area contributed by atoms with Crippen molar-refractivity contribution in [2.24, 2.45) is 0 Å². The molecule has 0 atom stereocenters. The molecule has 2 aromatic carbocycles. The Morgan fingerprint density at radius 2 is 1.87 bits per heavy atom. The van der Waals surface area contributed by atoms with Crippen molar-refractivity contribution in [3.8, 4) is 11.5 Å². The van der Waals surface area contributed by atoms with Crippen molar-refractivity contribution < 1.29 is 9.47 Å². The number of ether oxygens (including phenoxy) is 2. The van der Waals surface area contributed by atoms with Crippen LogP contribution in [0, 0.1) is 0 Å². The highest BCUT2D eigenvalue weighted by molar-refractivity contribution is 7.15. The van der Waals surface area contributed by atoms with Crippen LogP contribution in [0.4, 0.5) is 5.13 Å². The van der Waals surface area contributed by atoms with Crippen molar-refractivity contribution in [2.45, 2.75) is 32.1 Å². The summed E-state index contributed by atoms with van der Waals surface area (Å²) in [6.45, 7) is 2.92. The molecule has 1 fully saturated rings. The van der Waals surface area contributed by atoms with Gasteiger partial charge in [-0.2, -0.15) is 0 Å². The van der Waals surface area contributed by atoms with Crippen LogP contribution in [0.5, 0.6) is 11.5 Å². The minimum absolute atomic E-state index is 0.225. The van der Waals surface area contributed by atoms with Gasteiger partial charge >= 0.3 is 0 Å². The first kappa shape index (κ1) is 21.2. The van der Waals surface area contributed by atoms with Crippen LogP contribution in [-0.4, -0.2) is 29.4 Å². The Hall–Kier alpha value is -2.06. The van der Waals surface area contributed by atoms with Gasteiger partial charge in [0.1, 0.15) is 24.2 Å². The number of rotatable bonds is 8.